The van der Waals surface area contributed by atoms with Gasteiger partial charge in [0.1, 0.15) is 0 Å². The van der Waals surface area contributed by atoms with Gasteiger partial charge in [0, 0.05) is 0 Å². The van der Waals surface area contributed by atoms with Crippen LogP contribution >= 0.6 is 18.6 Å². The summed E-state index contributed by atoms with van der Waals surface area (Å²) in [5, 5.41) is 3.06. The number of nitrogens with one attached hydrogen (secondary N) is 1. The van der Waals surface area contributed by atoms with Crippen LogP contribution < -0.4 is 19.8 Å². The van der Waals surface area contributed by atoms with Gasteiger partial charge < -0.3 is 0 Å². The predicted octanol–water partition coefficient (Wildman–Crippen LogP) is 0.0381. The molecule has 0 atom stereocenters. The number of hydrogen-bond acceptors (Lipinski definition) is 2. The van der Waals surface area contributed by atoms with Crippen molar-refractivity contribution < 1.29 is 19.3 Å². The topological polar surface area (TPSA) is 29.1 Å². The van der Waals surface area contributed by atoms with Crippen molar-refractivity contribution in [1.29, 1.82) is 0 Å². The van der Waals surface area contributed by atoms with E-state index in [4.69, 9.17) is 0 Å². The van der Waals surface area contributed by atoms with Crippen molar-refractivity contribution in [3.63, 3.8) is 0 Å². The van der Waals surface area contributed by atoms with Gasteiger partial charge in [-0.1, -0.05) is 0 Å². The van der Waals surface area contributed by atoms with E-state index in [2.05, 4.69) is 33.8 Å². The third-order valence-electron chi connectivity index (χ3n) is 2.05. The van der Waals surface area contributed by atoms with Gasteiger partial charge in [-0.2, -0.15) is 0 Å². The standard InChI is InChI=1S/C12H16I2NO/c1-14(2,13)12(16)9-6-10-4-7-11(15-3)8-5-10/h4-9,15H,1-3H3/q-1/b9-6+. The maximum absolute atomic E-state index is 11.7. The third-order valence-corrected chi connectivity index (χ3v) is 7.63. The number of carbonyl (C=O) groups excluding carboxylic acids is 1. The van der Waals surface area contributed by atoms with Gasteiger partial charge in [-0.25, -0.2) is 0 Å². The van der Waals surface area contributed by atoms with Crippen LogP contribution in [0.5, 0.6) is 0 Å². The summed E-state index contributed by atoms with van der Waals surface area (Å²) in [5.41, 5.74) is 2.14. The number of anilines is 1. The first-order chi connectivity index (χ1) is 7.43. The molecule has 0 saturated heterocycles. The summed E-state index contributed by atoms with van der Waals surface area (Å²) in [7, 11) is 1.89. The van der Waals surface area contributed by atoms with Gasteiger partial charge >= 0.3 is 112 Å². The van der Waals surface area contributed by atoms with Crippen LogP contribution in [0.1, 0.15) is 5.56 Å². The van der Waals surface area contributed by atoms with Gasteiger partial charge in [-0.3, -0.25) is 0 Å². The number of hydrogen-bond donors (Lipinski definition) is 1. The zero-order valence-corrected chi connectivity index (χ0v) is 13.9. The Morgan fingerprint density at radius 3 is 2.31 bits per heavy atom. The summed E-state index contributed by atoms with van der Waals surface area (Å²) >= 11 is 0.221. The Kier molecular flexibility index (Phi) is 5.23. The molecule has 0 aromatic heterocycles. The average molecular weight is 444 g/mol. The molecule has 0 unspecified atom stereocenters. The van der Waals surface area contributed by atoms with Crippen molar-refractivity contribution in [2.24, 2.45) is 0 Å². The molecule has 0 aliphatic rings. The van der Waals surface area contributed by atoms with E-state index in [1.807, 2.05) is 37.4 Å². The fourth-order valence-corrected chi connectivity index (χ4v) is 3.02. The van der Waals surface area contributed by atoms with E-state index < -0.39 is 14.5 Å². The van der Waals surface area contributed by atoms with Crippen LogP contribution in [0.2, 0.25) is 0 Å². The predicted molar refractivity (Wildman–Crippen MR) is 75.9 cm³/mol. The molecular weight excluding hydrogens is 428 g/mol. The molecule has 0 saturated carbocycles. The third kappa shape index (κ3) is 4.40. The van der Waals surface area contributed by atoms with Crippen LogP contribution in [0.4, 0.5) is 5.69 Å². The molecule has 0 bridgehead atoms. The average Bonchev–Trinajstić information content (AvgIpc) is 2.25. The van der Waals surface area contributed by atoms with E-state index in [0.717, 1.165) is 11.3 Å². The molecule has 2 nitrogen and oxygen atoms in total. The Labute approximate surface area is 111 Å². The van der Waals surface area contributed by atoms with E-state index in [-0.39, 0.29) is 0 Å². The molecule has 0 spiro atoms. The Bertz CT molecular complexity index is 390. The van der Waals surface area contributed by atoms with E-state index in [9.17, 15) is 4.79 Å². The van der Waals surface area contributed by atoms with Crippen LogP contribution in [0.15, 0.2) is 30.3 Å². The van der Waals surface area contributed by atoms with Crippen molar-refractivity contribution in [3.8, 4) is 0 Å². The fourth-order valence-electron chi connectivity index (χ4n) is 1.07. The summed E-state index contributed by atoms with van der Waals surface area (Å²) in [4.78, 5) is 15.9. The van der Waals surface area contributed by atoms with Gasteiger partial charge in [0.25, 0.3) is 0 Å². The van der Waals surface area contributed by atoms with Crippen LogP contribution in [0, 0.1) is 0 Å². The first-order valence-electron chi connectivity index (χ1n) is 4.77. The van der Waals surface area contributed by atoms with Crippen molar-refractivity contribution >= 4 is 34.2 Å². The molecular formula is C12H16I2NO-. The van der Waals surface area contributed by atoms with Crippen LogP contribution in [0.25, 0.3) is 6.08 Å². The second-order valence-corrected chi connectivity index (χ2v) is 24.7. The summed E-state index contributed by atoms with van der Waals surface area (Å²) in [6.07, 6.45) is 3.61. The number of benzene rings is 1. The van der Waals surface area contributed by atoms with Crippen molar-refractivity contribution in [3.05, 3.63) is 35.9 Å². The monoisotopic (exact) mass is 444 g/mol. The number of allylic oxidation sites excluding steroid dienone is 1. The van der Waals surface area contributed by atoms with E-state index in [0.29, 0.717) is 3.79 Å². The van der Waals surface area contributed by atoms with Gasteiger partial charge in [0.2, 0.25) is 0 Å². The number of rotatable bonds is 4. The molecule has 90 valence electrons. The first-order valence-corrected chi connectivity index (χ1v) is 16.5. The second-order valence-electron chi connectivity index (χ2n) is 3.62. The number of halogens is 2. The molecule has 1 aromatic rings. The molecule has 16 heavy (non-hydrogen) atoms. The second kappa shape index (κ2) is 6.00. The Balaban J connectivity index is 2.73. The van der Waals surface area contributed by atoms with Crippen LogP contribution in [0.3, 0.4) is 0 Å². The molecule has 0 radical (unpaired) electrons. The Hall–Kier alpha value is -0.110. The first kappa shape index (κ1) is 14.0. The van der Waals surface area contributed by atoms with Crippen molar-refractivity contribution in [2.75, 3.05) is 22.2 Å². The maximum atomic E-state index is 11.7. The molecule has 0 fully saturated rings. The number of carbonyl (C=O) groups is 1. The summed E-state index contributed by atoms with van der Waals surface area (Å²) < 4.78 is 0.310. The molecule has 0 amide bonds. The fraction of sp³-hybridized carbons (Fsp3) is 0.250. The van der Waals surface area contributed by atoms with Crippen LogP contribution in [-0.2, 0) is 4.79 Å². The number of alkyl halides is 2. The summed E-state index contributed by atoms with van der Waals surface area (Å²) in [5.74, 6) is 0. The SMILES string of the molecule is CNc1ccc(/C=C/C(=O)[I-](C)(C)I)cc1. The molecule has 0 heterocycles. The van der Waals surface area contributed by atoms with E-state index in [1.165, 1.54) is 0 Å². The minimum absolute atomic E-state index is 0.310. The van der Waals surface area contributed by atoms with Gasteiger partial charge in [0.15, 0.2) is 0 Å². The van der Waals surface area contributed by atoms with Crippen LogP contribution in [-0.4, -0.2) is 20.7 Å². The zero-order valence-electron chi connectivity index (χ0n) is 9.63. The molecule has 4 heteroatoms. The van der Waals surface area contributed by atoms with Gasteiger partial charge in [0.05, 0.1) is 0 Å². The molecule has 0 aliphatic heterocycles. The van der Waals surface area contributed by atoms with Crippen molar-refractivity contribution in [1.82, 2.24) is 0 Å². The minimum atomic E-state index is -2.10. The normalized spacial score (nSPS) is 12.8. The Morgan fingerprint density at radius 2 is 1.88 bits per heavy atom. The quantitative estimate of drug-likeness (QED) is 0.308. The molecule has 0 aliphatic carbocycles. The van der Waals surface area contributed by atoms with E-state index in [1.54, 1.807) is 6.08 Å². The van der Waals surface area contributed by atoms with E-state index >= 15 is 0 Å². The zero-order chi connectivity index (χ0) is 12.2. The molecule has 1 rings (SSSR count). The molecule has 1 aromatic carbocycles. The van der Waals surface area contributed by atoms with Crippen molar-refractivity contribution in [2.45, 2.75) is 0 Å². The summed E-state index contributed by atoms with van der Waals surface area (Å²) in [6, 6.07) is 8.00. The van der Waals surface area contributed by atoms with Gasteiger partial charge in [-0.15, -0.1) is 0 Å². The Morgan fingerprint density at radius 1 is 1.31 bits per heavy atom. The van der Waals surface area contributed by atoms with Gasteiger partial charge in [-0.05, 0) is 0 Å². The summed E-state index contributed by atoms with van der Waals surface area (Å²) in [6.45, 7) is 0. The molecule has 1 N–H and O–H groups in total.